The summed E-state index contributed by atoms with van der Waals surface area (Å²) in [4.78, 5) is 4.00. The molecule has 0 spiro atoms. The van der Waals surface area contributed by atoms with Gasteiger partial charge >= 0.3 is 0 Å². The SMILES string of the molecule is CCCCCc1cc(Cl)cnc1N. The number of anilines is 1. The molecule has 0 aliphatic heterocycles. The van der Waals surface area contributed by atoms with Crippen molar-refractivity contribution in [2.75, 3.05) is 5.73 Å². The van der Waals surface area contributed by atoms with Crippen LogP contribution in [-0.2, 0) is 6.42 Å². The molecule has 3 heteroatoms. The highest BCUT2D eigenvalue weighted by Crippen LogP contribution is 2.17. The molecule has 0 fully saturated rings. The molecule has 0 bridgehead atoms. The maximum absolute atomic E-state index is 5.81. The Labute approximate surface area is 84.1 Å². The number of hydrogen-bond acceptors (Lipinski definition) is 2. The van der Waals surface area contributed by atoms with E-state index in [0.717, 1.165) is 18.4 Å². The van der Waals surface area contributed by atoms with Crippen molar-refractivity contribution in [3.8, 4) is 0 Å². The second-order valence-electron chi connectivity index (χ2n) is 3.16. The Morgan fingerprint density at radius 3 is 2.92 bits per heavy atom. The first-order valence-electron chi connectivity index (χ1n) is 4.64. The second-order valence-corrected chi connectivity index (χ2v) is 3.59. The molecule has 0 atom stereocenters. The lowest BCUT2D eigenvalue weighted by Crippen LogP contribution is -1.97. The third-order valence-electron chi connectivity index (χ3n) is 2.02. The van der Waals surface area contributed by atoms with Gasteiger partial charge < -0.3 is 5.73 Å². The predicted molar refractivity (Wildman–Crippen MR) is 56.9 cm³/mol. The van der Waals surface area contributed by atoms with E-state index in [1.807, 2.05) is 6.07 Å². The van der Waals surface area contributed by atoms with Gasteiger partial charge in [-0.1, -0.05) is 31.4 Å². The summed E-state index contributed by atoms with van der Waals surface area (Å²) in [5.74, 6) is 0.612. The van der Waals surface area contributed by atoms with E-state index in [0.29, 0.717) is 10.8 Å². The third-order valence-corrected chi connectivity index (χ3v) is 2.22. The van der Waals surface area contributed by atoms with E-state index in [1.165, 1.54) is 12.8 Å². The molecule has 2 N–H and O–H groups in total. The highest BCUT2D eigenvalue weighted by atomic mass is 35.5. The van der Waals surface area contributed by atoms with E-state index in [9.17, 15) is 0 Å². The predicted octanol–water partition coefficient (Wildman–Crippen LogP) is 3.05. The average molecular weight is 199 g/mol. The summed E-state index contributed by atoms with van der Waals surface area (Å²) in [5, 5.41) is 0.667. The topological polar surface area (TPSA) is 38.9 Å². The van der Waals surface area contributed by atoms with Crippen LogP contribution in [0, 0.1) is 0 Å². The summed E-state index contributed by atoms with van der Waals surface area (Å²) in [5.41, 5.74) is 6.77. The molecule has 13 heavy (non-hydrogen) atoms. The van der Waals surface area contributed by atoms with Crippen LogP contribution in [-0.4, -0.2) is 4.98 Å². The number of nitrogens with zero attached hydrogens (tertiary/aromatic N) is 1. The Hall–Kier alpha value is -0.760. The number of pyridine rings is 1. The number of halogens is 1. The Bertz CT molecular complexity index is 274. The number of hydrogen-bond donors (Lipinski definition) is 1. The Kier molecular flexibility index (Phi) is 4.03. The van der Waals surface area contributed by atoms with Crippen LogP contribution in [0.5, 0.6) is 0 Å². The average Bonchev–Trinajstić information content (AvgIpc) is 2.11. The first-order chi connectivity index (χ1) is 6.24. The standard InChI is InChI=1S/C10H15ClN2/c1-2-3-4-5-8-6-9(11)7-13-10(8)12/h6-7H,2-5H2,1H3,(H2,12,13). The molecule has 1 rings (SSSR count). The van der Waals surface area contributed by atoms with E-state index < -0.39 is 0 Å². The van der Waals surface area contributed by atoms with Gasteiger partial charge in [-0.2, -0.15) is 0 Å². The van der Waals surface area contributed by atoms with E-state index in [4.69, 9.17) is 17.3 Å². The van der Waals surface area contributed by atoms with Gasteiger partial charge in [0.2, 0.25) is 0 Å². The smallest absolute Gasteiger partial charge is 0.126 e. The van der Waals surface area contributed by atoms with Crippen LogP contribution < -0.4 is 5.73 Å². The summed E-state index contributed by atoms with van der Waals surface area (Å²) in [6.45, 7) is 2.18. The molecule has 0 saturated heterocycles. The van der Waals surface area contributed by atoms with Gasteiger partial charge in [-0.15, -0.1) is 0 Å². The lowest BCUT2D eigenvalue weighted by molar-refractivity contribution is 0.717. The quantitative estimate of drug-likeness (QED) is 0.756. The summed E-state index contributed by atoms with van der Waals surface area (Å²) < 4.78 is 0. The molecule has 0 unspecified atom stereocenters. The zero-order valence-electron chi connectivity index (χ0n) is 7.89. The second kappa shape index (κ2) is 5.07. The lowest BCUT2D eigenvalue weighted by atomic mass is 10.1. The van der Waals surface area contributed by atoms with Gasteiger partial charge in [-0.3, -0.25) is 0 Å². The number of nitrogens with two attached hydrogens (primary N) is 1. The third kappa shape index (κ3) is 3.23. The first-order valence-corrected chi connectivity index (χ1v) is 5.01. The van der Waals surface area contributed by atoms with Crippen molar-refractivity contribution in [3.63, 3.8) is 0 Å². The minimum atomic E-state index is 0.612. The normalized spacial score (nSPS) is 10.3. The Morgan fingerprint density at radius 2 is 2.23 bits per heavy atom. The van der Waals surface area contributed by atoms with Crippen molar-refractivity contribution in [1.29, 1.82) is 0 Å². The van der Waals surface area contributed by atoms with Crippen LogP contribution in [0.2, 0.25) is 5.02 Å². The van der Waals surface area contributed by atoms with Gasteiger partial charge in [0, 0.05) is 6.20 Å². The van der Waals surface area contributed by atoms with Gasteiger partial charge in [0.15, 0.2) is 0 Å². The zero-order valence-corrected chi connectivity index (χ0v) is 8.64. The van der Waals surface area contributed by atoms with Crippen LogP contribution in [0.1, 0.15) is 31.7 Å². The fourth-order valence-electron chi connectivity index (χ4n) is 1.26. The highest BCUT2D eigenvalue weighted by Gasteiger charge is 2.00. The molecule has 0 amide bonds. The minimum Gasteiger partial charge on any atom is -0.383 e. The molecule has 2 nitrogen and oxygen atoms in total. The van der Waals surface area contributed by atoms with Crippen LogP contribution in [0.3, 0.4) is 0 Å². The summed E-state index contributed by atoms with van der Waals surface area (Å²) in [6, 6.07) is 1.90. The molecular formula is C10H15ClN2. The highest BCUT2D eigenvalue weighted by molar-refractivity contribution is 6.30. The molecule has 0 radical (unpaired) electrons. The van der Waals surface area contributed by atoms with Crippen molar-refractivity contribution in [2.45, 2.75) is 32.6 Å². The van der Waals surface area contributed by atoms with Gasteiger partial charge in [0.25, 0.3) is 0 Å². The molecular weight excluding hydrogens is 184 g/mol. The Morgan fingerprint density at radius 1 is 1.46 bits per heavy atom. The van der Waals surface area contributed by atoms with Gasteiger partial charge in [-0.05, 0) is 24.5 Å². The number of aromatic nitrogens is 1. The largest absolute Gasteiger partial charge is 0.383 e. The minimum absolute atomic E-state index is 0.612. The van der Waals surface area contributed by atoms with Crippen molar-refractivity contribution >= 4 is 17.4 Å². The van der Waals surface area contributed by atoms with Crippen LogP contribution in [0.15, 0.2) is 12.3 Å². The summed E-state index contributed by atoms with van der Waals surface area (Å²) in [6.07, 6.45) is 6.16. The first kappa shape index (κ1) is 10.3. The van der Waals surface area contributed by atoms with Crippen molar-refractivity contribution in [3.05, 3.63) is 22.8 Å². The number of rotatable bonds is 4. The van der Waals surface area contributed by atoms with Crippen LogP contribution in [0.4, 0.5) is 5.82 Å². The van der Waals surface area contributed by atoms with Gasteiger partial charge in [0.1, 0.15) is 5.82 Å². The lowest BCUT2D eigenvalue weighted by Gasteiger charge is -2.04. The maximum Gasteiger partial charge on any atom is 0.126 e. The molecule has 1 heterocycles. The van der Waals surface area contributed by atoms with E-state index >= 15 is 0 Å². The van der Waals surface area contributed by atoms with E-state index in [2.05, 4.69) is 11.9 Å². The van der Waals surface area contributed by atoms with Gasteiger partial charge in [0.05, 0.1) is 5.02 Å². The molecule has 0 saturated carbocycles. The molecule has 0 aromatic carbocycles. The molecule has 1 aromatic heterocycles. The summed E-state index contributed by atoms with van der Waals surface area (Å²) in [7, 11) is 0. The van der Waals surface area contributed by atoms with E-state index in [1.54, 1.807) is 6.20 Å². The number of aryl methyl sites for hydroxylation is 1. The van der Waals surface area contributed by atoms with Crippen LogP contribution in [0.25, 0.3) is 0 Å². The van der Waals surface area contributed by atoms with Gasteiger partial charge in [-0.25, -0.2) is 4.98 Å². The maximum atomic E-state index is 5.81. The van der Waals surface area contributed by atoms with Crippen molar-refractivity contribution in [1.82, 2.24) is 4.98 Å². The van der Waals surface area contributed by atoms with Crippen molar-refractivity contribution < 1.29 is 0 Å². The number of unbranched alkanes of at least 4 members (excludes halogenated alkanes) is 2. The molecule has 1 aromatic rings. The monoisotopic (exact) mass is 198 g/mol. The van der Waals surface area contributed by atoms with Crippen LogP contribution >= 0.6 is 11.6 Å². The van der Waals surface area contributed by atoms with E-state index in [-0.39, 0.29) is 0 Å². The molecule has 0 aliphatic rings. The Balaban J connectivity index is 2.59. The fraction of sp³-hybridized carbons (Fsp3) is 0.500. The molecule has 72 valence electrons. The zero-order chi connectivity index (χ0) is 9.68. The summed E-state index contributed by atoms with van der Waals surface area (Å²) >= 11 is 5.81. The van der Waals surface area contributed by atoms with Crippen molar-refractivity contribution in [2.24, 2.45) is 0 Å². The molecule has 0 aliphatic carbocycles. The fourth-order valence-corrected chi connectivity index (χ4v) is 1.44. The number of nitrogen functional groups attached to an aromatic ring is 1.